The summed E-state index contributed by atoms with van der Waals surface area (Å²) in [4.78, 5) is 0. The number of nitriles is 1. The average Bonchev–Trinajstić information content (AvgIpc) is 2.72. The summed E-state index contributed by atoms with van der Waals surface area (Å²) in [7, 11) is 1.52. The minimum absolute atomic E-state index is 0.231. The fourth-order valence-electron chi connectivity index (χ4n) is 2.77. The Bertz CT molecular complexity index is 1150. The zero-order valence-electron chi connectivity index (χ0n) is 15.8. The van der Waals surface area contributed by atoms with E-state index in [-0.39, 0.29) is 6.61 Å². The van der Waals surface area contributed by atoms with Crippen molar-refractivity contribution >= 4 is 58.1 Å². The van der Waals surface area contributed by atoms with E-state index in [0.717, 1.165) is 5.56 Å². The van der Waals surface area contributed by atoms with Crippen molar-refractivity contribution in [3.8, 4) is 17.6 Å². The average molecular weight is 479 g/mol. The molecule has 0 heterocycles. The van der Waals surface area contributed by atoms with Crippen LogP contribution in [0.3, 0.4) is 0 Å². The first-order valence-electron chi connectivity index (χ1n) is 8.74. The summed E-state index contributed by atoms with van der Waals surface area (Å²) >= 11 is 24.8. The van der Waals surface area contributed by atoms with Crippen molar-refractivity contribution in [2.45, 2.75) is 6.61 Å². The summed E-state index contributed by atoms with van der Waals surface area (Å²) in [5, 5.41) is 11.4. The summed E-state index contributed by atoms with van der Waals surface area (Å²) in [5.41, 5.74) is 2.41. The molecule has 0 radical (unpaired) electrons. The lowest BCUT2D eigenvalue weighted by Crippen LogP contribution is -1.99. The summed E-state index contributed by atoms with van der Waals surface area (Å²) in [6, 6.07) is 17.9. The van der Waals surface area contributed by atoms with Crippen molar-refractivity contribution in [3.63, 3.8) is 0 Å². The Morgan fingerprint density at radius 2 is 1.73 bits per heavy atom. The van der Waals surface area contributed by atoms with Crippen LogP contribution in [0.4, 0.5) is 0 Å². The van der Waals surface area contributed by atoms with Crippen LogP contribution >= 0.6 is 46.4 Å². The Kier molecular flexibility index (Phi) is 7.53. The second kappa shape index (κ2) is 10.1. The molecule has 0 aliphatic rings. The van der Waals surface area contributed by atoms with E-state index >= 15 is 0 Å². The molecule has 30 heavy (non-hydrogen) atoms. The van der Waals surface area contributed by atoms with Gasteiger partial charge in [0.2, 0.25) is 0 Å². The Morgan fingerprint density at radius 3 is 2.40 bits per heavy atom. The molecule has 3 aromatic carbocycles. The van der Waals surface area contributed by atoms with Crippen LogP contribution in [-0.2, 0) is 6.61 Å². The first-order valence-corrected chi connectivity index (χ1v) is 10.2. The SMILES string of the molecule is COc1cc(/C=C(\C#N)c2ccc(Cl)cc2Cl)cc(Cl)c1OCc1ccccc1Cl. The lowest BCUT2D eigenvalue weighted by molar-refractivity contribution is 0.285. The highest BCUT2D eigenvalue weighted by Crippen LogP contribution is 2.38. The van der Waals surface area contributed by atoms with Gasteiger partial charge in [0.15, 0.2) is 11.5 Å². The largest absolute Gasteiger partial charge is 0.493 e. The van der Waals surface area contributed by atoms with Gasteiger partial charge in [-0.25, -0.2) is 0 Å². The number of hydrogen-bond acceptors (Lipinski definition) is 3. The number of methoxy groups -OCH3 is 1. The van der Waals surface area contributed by atoms with Gasteiger partial charge in [-0.3, -0.25) is 0 Å². The molecular weight excluding hydrogens is 464 g/mol. The third-order valence-corrected chi connectivity index (χ3v) is 5.43. The van der Waals surface area contributed by atoms with Gasteiger partial charge in [-0.05, 0) is 42.0 Å². The van der Waals surface area contributed by atoms with Gasteiger partial charge in [0, 0.05) is 21.2 Å². The van der Waals surface area contributed by atoms with Crippen LogP contribution in [0.2, 0.25) is 20.1 Å². The van der Waals surface area contributed by atoms with E-state index in [4.69, 9.17) is 55.9 Å². The van der Waals surface area contributed by atoms with E-state index in [0.29, 0.717) is 48.3 Å². The van der Waals surface area contributed by atoms with Gasteiger partial charge in [0.05, 0.1) is 28.8 Å². The van der Waals surface area contributed by atoms with E-state index < -0.39 is 0 Å². The molecule has 3 rings (SSSR count). The minimum atomic E-state index is 0.231. The highest BCUT2D eigenvalue weighted by Gasteiger charge is 2.14. The van der Waals surface area contributed by atoms with E-state index in [1.165, 1.54) is 7.11 Å². The summed E-state index contributed by atoms with van der Waals surface area (Å²) < 4.78 is 11.3. The molecular formula is C23H15Cl4NO2. The molecule has 3 aromatic rings. The van der Waals surface area contributed by atoms with Crippen molar-refractivity contribution in [2.75, 3.05) is 7.11 Å². The number of hydrogen-bond donors (Lipinski definition) is 0. The molecule has 0 aromatic heterocycles. The summed E-state index contributed by atoms with van der Waals surface area (Å²) in [5.74, 6) is 0.819. The van der Waals surface area contributed by atoms with Gasteiger partial charge in [-0.1, -0.05) is 70.7 Å². The van der Waals surface area contributed by atoms with E-state index in [2.05, 4.69) is 6.07 Å². The van der Waals surface area contributed by atoms with Crippen molar-refractivity contribution in [1.29, 1.82) is 5.26 Å². The Hall–Kier alpha value is -2.35. The number of halogens is 4. The quantitative estimate of drug-likeness (QED) is 0.266. The lowest BCUT2D eigenvalue weighted by Gasteiger charge is -2.14. The molecule has 0 saturated carbocycles. The van der Waals surface area contributed by atoms with Crippen LogP contribution in [0.25, 0.3) is 11.6 Å². The van der Waals surface area contributed by atoms with Gasteiger partial charge >= 0.3 is 0 Å². The third kappa shape index (κ3) is 5.22. The Morgan fingerprint density at radius 1 is 0.967 bits per heavy atom. The highest BCUT2D eigenvalue weighted by atomic mass is 35.5. The first-order chi connectivity index (χ1) is 14.4. The fourth-order valence-corrected chi connectivity index (χ4v) is 3.75. The van der Waals surface area contributed by atoms with Crippen LogP contribution in [0.5, 0.6) is 11.5 Å². The molecule has 0 aliphatic heterocycles. The number of benzene rings is 3. The monoisotopic (exact) mass is 477 g/mol. The maximum Gasteiger partial charge on any atom is 0.180 e. The number of ether oxygens (including phenoxy) is 2. The van der Waals surface area contributed by atoms with E-state index in [1.54, 1.807) is 42.5 Å². The standard InChI is InChI=1S/C23H15Cl4NO2/c1-29-22-10-14(8-16(12-28)18-7-6-17(24)11-20(18)26)9-21(27)23(22)30-13-15-4-2-3-5-19(15)25/h2-11H,13H2,1H3/b16-8+. The molecule has 0 spiro atoms. The van der Waals surface area contributed by atoms with Gasteiger partial charge in [-0.15, -0.1) is 0 Å². The van der Waals surface area contributed by atoms with E-state index in [1.807, 2.05) is 18.2 Å². The second-order valence-corrected chi connectivity index (χ2v) is 7.87. The van der Waals surface area contributed by atoms with Crippen LogP contribution < -0.4 is 9.47 Å². The topological polar surface area (TPSA) is 42.2 Å². The van der Waals surface area contributed by atoms with Crippen LogP contribution in [0.15, 0.2) is 54.6 Å². The van der Waals surface area contributed by atoms with Gasteiger partial charge in [-0.2, -0.15) is 5.26 Å². The molecule has 3 nitrogen and oxygen atoms in total. The highest BCUT2D eigenvalue weighted by molar-refractivity contribution is 6.36. The molecule has 0 aliphatic carbocycles. The van der Waals surface area contributed by atoms with Gasteiger partial charge in [0.1, 0.15) is 6.61 Å². The van der Waals surface area contributed by atoms with Crippen LogP contribution in [0.1, 0.15) is 16.7 Å². The molecule has 0 bridgehead atoms. The molecule has 7 heteroatoms. The molecule has 0 N–H and O–H groups in total. The number of allylic oxidation sites excluding steroid dienone is 1. The van der Waals surface area contributed by atoms with Gasteiger partial charge < -0.3 is 9.47 Å². The van der Waals surface area contributed by atoms with Crippen molar-refractivity contribution in [1.82, 2.24) is 0 Å². The normalized spacial score (nSPS) is 11.1. The number of rotatable bonds is 6. The predicted octanol–water partition coefficient (Wildman–Crippen LogP) is 7.95. The zero-order chi connectivity index (χ0) is 21.7. The van der Waals surface area contributed by atoms with Crippen LogP contribution in [-0.4, -0.2) is 7.11 Å². The second-order valence-electron chi connectivity index (χ2n) is 6.21. The number of nitrogens with zero attached hydrogens (tertiary/aromatic N) is 1. The van der Waals surface area contributed by atoms with E-state index in [9.17, 15) is 5.26 Å². The maximum absolute atomic E-state index is 9.61. The molecule has 0 fully saturated rings. The molecule has 0 unspecified atom stereocenters. The Balaban J connectivity index is 1.93. The van der Waals surface area contributed by atoms with Crippen molar-refractivity contribution in [2.24, 2.45) is 0 Å². The molecule has 152 valence electrons. The maximum atomic E-state index is 9.61. The fraction of sp³-hybridized carbons (Fsp3) is 0.0870. The Labute approximate surface area is 195 Å². The summed E-state index contributed by atoms with van der Waals surface area (Å²) in [6.07, 6.45) is 1.67. The lowest BCUT2D eigenvalue weighted by atomic mass is 10.0. The minimum Gasteiger partial charge on any atom is -0.493 e. The third-order valence-electron chi connectivity index (χ3n) is 4.23. The van der Waals surface area contributed by atoms with Crippen molar-refractivity contribution in [3.05, 3.63) is 91.4 Å². The zero-order valence-corrected chi connectivity index (χ0v) is 18.8. The molecule has 0 saturated heterocycles. The smallest absolute Gasteiger partial charge is 0.180 e. The molecule has 0 amide bonds. The molecule has 0 atom stereocenters. The summed E-state index contributed by atoms with van der Waals surface area (Å²) in [6.45, 7) is 0.231. The van der Waals surface area contributed by atoms with Crippen molar-refractivity contribution < 1.29 is 9.47 Å². The first kappa shape index (κ1) is 22.3. The van der Waals surface area contributed by atoms with Gasteiger partial charge in [0.25, 0.3) is 0 Å². The predicted molar refractivity (Wildman–Crippen MR) is 124 cm³/mol. The van der Waals surface area contributed by atoms with Crippen LogP contribution in [0, 0.1) is 11.3 Å².